The fourth-order valence-electron chi connectivity index (χ4n) is 3.99. The number of nitrogen functional groups attached to an aromatic ring is 1. The van der Waals surface area contributed by atoms with Crippen LogP contribution in [0.15, 0.2) is 42.5 Å². The second kappa shape index (κ2) is 4.97. The SMILES string of the molecule is CCCC1(CCC)c2ccccc2-c2ccc(N)cc21. The molecule has 1 aliphatic carbocycles. The summed E-state index contributed by atoms with van der Waals surface area (Å²) in [6.07, 6.45) is 4.80. The zero-order valence-corrected chi connectivity index (χ0v) is 12.4. The maximum absolute atomic E-state index is 6.08. The summed E-state index contributed by atoms with van der Waals surface area (Å²) in [7, 11) is 0. The van der Waals surface area contributed by atoms with E-state index in [9.17, 15) is 0 Å². The molecule has 0 spiro atoms. The number of hydrogen-bond acceptors (Lipinski definition) is 1. The molecule has 104 valence electrons. The van der Waals surface area contributed by atoms with Gasteiger partial charge < -0.3 is 5.73 Å². The summed E-state index contributed by atoms with van der Waals surface area (Å²) in [6, 6.07) is 15.3. The average molecular weight is 265 g/mol. The molecule has 3 rings (SSSR count). The lowest BCUT2D eigenvalue weighted by Crippen LogP contribution is -2.25. The van der Waals surface area contributed by atoms with E-state index >= 15 is 0 Å². The van der Waals surface area contributed by atoms with Crippen LogP contribution < -0.4 is 5.73 Å². The Bertz CT molecular complexity index is 621. The van der Waals surface area contributed by atoms with Crippen molar-refractivity contribution in [2.75, 3.05) is 5.73 Å². The summed E-state index contributed by atoms with van der Waals surface area (Å²) >= 11 is 0. The van der Waals surface area contributed by atoms with Gasteiger partial charge in [0.15, 0.2) is 0 Å². The molecule has 20 heavy (non-hydrogen) atoms. The molecule has 0 bridgehead atoms. The number of nitrogens with two attached hydrogens (primary N) is 1. The van der Waals surface area contributed by atoms with E-state index in [-0.39, 0.29) is 5.41 Å². The van der Waals surface area contributed by atoms with Gasteiger partial charge in [-0.25, -0.2) is 0 Å². The minimum atomic E-state index is 0.171. The molecule has 0 heterocycles. The summed E-state index contributed by atoms with van der Waals surface area (Å²) in [5.41, 5.74) is 12.9. The van der Waals surface area contributed by atoms with Crippen molar-refractivity contribution in [2.24, 2.45) is 0 Å². The zero-order valence-electron chi connectivity index (χ0n) is 12.4. The quantitative estimate of drug-likeness (QED) is 0.761. The number of hydrogen-bond donors (Lipinski definition) is 1. The number of rotatable bonds is 4. The lowest BCUT2D eigenvalue weighted by Gasteiger charge is -2.32. The molecule has 1 heteroatoms. The van der Waals surface area contributed by atoms with Gasteiger partial charge in [-0.05, 0) is 47.2 Å². The summed E-state index contributed by atoms with van der Waals surface area (Å²) in [4.78, 5) is 0. The van der Waals surface area contributed by atoms with E-state index in [2.05, 4.69) is 50.2 Å². The van der Waals surface area contributed by atoms with Crippen molar-refractivity contribution < 1.29 is 0 Å². The van der Waals surface area contributed by atoms with Crippen LogP contribution in [0.1, 0.15) is 50.7 Å². The third-order valence-corrected chi connectivity index (χ3v) is 4.65. The Balaban J connectivity index is 2.30. The minimum absolute atomic E-state index is 0.171. The Morgan fingerprint density at radius 2 is 1.50 bits per heavy atom. The second-order valence-electron chi connectivity index (χ2n) is 5.93. The first-order chi connectivity index (χ1) is 9.73. The molecule has 0 atom stereocenters. The van der Waals surface area contributed by atoms with Gasteiger partial charge in [0.2, 0.25) is 0 Å². The number of benzene rings is 2. The fraction of sp³-hybridized carbons (Fsp3) is 0.368. The minimum Gasteiger partial charge on any atom is -0.399 e. The molecule has 1 nitrogen and oxygen atoms in total. The van der Waals surface area contributed by atoms with Gasteiger partial charge in [0.25, 0.3) is 0 Å². The molecular formula is C19H23N. The summed E-state index contributed by atoms with van der Waals surface area (Å²) < 4.78 is 0. The van der Waals surface area contributed by atoms with Gasteiger partial charge in [-0.2, -0.15) is 0 Å². The molecule has 0 fully saturated rings. The van der Waals surface area contributed by atoms with E-state index in [0.717, 1.165) is 5.69 Å². The molecule has 0 aliphatic heterocycles. The smallest absolute Gasteiger partial charge is 0.0317 e. The van der Waals surface area contributed by atoms with Crippen LogP contribution in [0, 0.1) is 0 Å². The summed E-state index contributed by atoms with van der Waals surface area (Å²) in [5.74, 6) is 0. The van der Waals surface area contributed by atoms with Crippen LogP contribution in [-0.2, 0) is 5.41 Å². The first kappa shape index (κ1) is 13.2. The molecule has 0 unspecified atom stereocenters. The van der Waals surface area contributed by atoms with Crippen LogP contribution in [0.4, 0.5) is 5.69 Å². The maximum atomic E-state index is 6.08. The maximum Gasteiger partial charge on any atom is 0.0317 e. The standard InChI is InChI=1S/C19H23N/c1-3-11-19(12-4-2)17-8-6-5-7-15(17)16-10-9-14(20)13-18(16)19/h5-10,13H,3-4,11-12,20H2,1-2H3. The first-order valence-electron chi connectivity index (χ1n) is 7.73. The van der Waals surface area contributed by atoms with Crippen molar-refractivity contribution >= 4 is 5.69 Å². The molecule has 0 saturated heterocycles. The van der Waals surface area contributed by atoms with Crippen molar-refractivity contribution in [2.45, 2.75) is 44.9 Å². The van der Waals surface area contributed by atoms with Gasteiger partial charge in [-0.15, -0.1) is 0 Å². The van der Waals surface area contributed by atoms with E-state index in [0.29, 0.717) is 0 Å². The van der Waals surface area contributed by atoms with E-state index in [1.165, 1.54) is 47.9 Å². The molecule has 0 aromatic heterocycles. The molecule has 1 aliphatic rings. The Morgan fingerprint density at radius 1 is 0.850 bits per heavy atom. The van der Waals surface area contributed by atoms with Gasteiger partial charge in [0.1, 0.15) is 0 Å². The van der Waals surface area contributed by atoms with Crippen molar-refractivity contribution in [1.82, 2.24) is 0 Å². The fourth-order valence-corrected chi connectivity index (χ4v) is 3.99. The van der Waals surface area contributed by atoms with Gasteiger partial charge in [-0.3, -0.25) is 0 Å². The predicted molar refractivity (Wildman–Crippen MR) is 86.9 cm³/mol. The molecular weight excluding hydrogens is 242 g/mol. The van der Waals surface area contributed by atoms with Gasteiger partial charge in [0.05, 0.1) is 0 Å². The topological polar surface area (TPSA) is 26.0 Å². The Hall–Kier alpha value is -1.76. The van der Waals surface area contributed by atoms with Crippen LogP contribution >= 0.6 is 0 Å². The summed E-state index contributed by atoms with van der Waals surface area (Å²) in [6.45, 7) is 4.56. The molecule has 0 amide bonds. The molecule has 2 aromatic rings. The molecule has 0 radical (unpaired) electrons. The first-order valence-corrected chi connectivity index (χ1v) is 7.73. The van der Waals surface area contributed by atoms with Gasteiger partial charge >= 0.3 is 0 Å². The lowest BCUT2D eigenvalue weighted by atomic mass is 9.71. The van der Waals surface area contributed by atoms with Crippen LogP contribution in [-0.4, -0.2) is 0 Å². The zero-order chi connectivity index (χ0) is 14.2. The Kier molecular flexibility index (Phi) is 3.29. The van der Waals surface area contributed by atoms with Crippen molar-refractivity contribution in [3.8, 4) is 11.1 Å². The Morgan fingerprint density at radius 3 is 2.20 bits per heavy atom. The van der Waals surface area contributed by atoms with E-state index in [1.807, 2.05) is 6.07 Å². The van der Waals surface area contributed by atoms with Crippen LogP contribution in [0.3, 0.4) is 0 Å². The number of fused-ring (bicyclic) bond motifs is 3. The van der Waals surface area contributed by atoms with Crippen LogP contribution in [0.25, 0.3) is 11.1 Å². The van der Waals surface area contributed by atoms with E-state index in [1.54, 1.807) is 0 Å². The van der Waals surface area contributed by atoms with Crippen molar-refractivity contribution in [3.05, 3.63) is 53.6 Å². The largest absolute Gasteiger partial charge is 0.399 e. The van der Waals surface area contributed by atoms with Crippen LogP contribution in [0.2, 0.25) is 0 Å². The third kappa shape index (κ3) is 1.76. The monoisotopic (exact) mass is 265 g/mol. The van der Waals surface area contributed by atoms with E-state index < -0.39 is 0 Å². The molecule has 2 N–H and O–H groups in total. The predicted octanol–water partition coefficient (Wildman–Crippen LogP) is 5.14. The Labute approximate surface area is 121 Å². The highest BCUT2D eigenvalue weighted by Gasteiger charge is 2.41. The van der Waals surface area contributed by atoms with Crippen LogP contribution in [0.5, 0.6) is 0 Å². The number of anilines is 1. The van der Waals surface area contributed by atoms with Gasteiger partial charge in [-0.1, -0.05) is 57.0 Å². The second-order valence-corrected chi connectivity index (χ2v) is 5.93. The highest BCUT2D eigenvalue weighted by molar-refractivity contribution is 5.82. The highest BCUT2D eigenvalue weighted by Crippen LogP contribution is 2.53. The lowest BCUT2D eigenvalue weighted by molar-refractivity contribution is 0.436. The summed E-state index contributed by atoms with van der Waals surface area (Å²) in [5, 5.41) is 0. The molecule has 0 saturated carbocycles. The molecule has 2 aromatic carbocycles. The third-order valence-electron chi connectivity index (χ3n) is 4.65. The van der Waals surface area contributed by atoms with Gasteiger partial charge in [0, 0.05) is 11.1 Å². The average Bonchev–Trinajstić information content (AvgIpc) is 2.71. The van der Waals surface area contributed by atoms with E-state index in [4.69, 9.17) is 5.73 Å². The highest BCUT2D eigenvalue weighted by atomic mass is 14.6. The van der Waals surface area contributed by atoms with Crippen molar-refractivity contribution in [3.63, 3.8) is 0 Å². The normalized spacial score (nSPS) is 14.9. The van der Waals surface area contributed by atoms with Crippen molar-refractivity contribution in [1.29, 1.82) is 0 Å².